The van der Waals surface area contributed by atoms with E-state index in [1.165, 1.54) is 65.0 Å². The summed E-state index contributed by atoms with van der Waals surface area (Å²) in [7, 11) is 5.76. The van der Waals surface area contributed by atoms with Gasteiger partial charge in [-0.3, -0.25) is 4.79 Å². The Hall–Kier alpha value is -5.55. The van der Waals surface area contributed by atoms with Gasteiger partial charge in [0.1, 0.15) is 11.5 Å². The van der Waals surface area contributed by atoms with Crippen LogP contribution in [0.5, 0.6) is 28.7 Å². The Morgan fingerprint density at radius 1 is 0.844 bits per heavy atom. The fourth-order valence-electron chi connectivity index (χ4n) is 4.71. The average Bonchev–Trinajstić information content (AvgIpc) is 3.43. The van der Waals surface area contributed by atoms with Crippen LogP contribution in [0.4, 0.5) is 4.39 Å². The minimum atomic E-state index is -0.686. The maximum atomic E-state index is 14.1. The van der Waals surface area contributed by atoms with Crippen LogP contribution >= 0.6 is 11.6 Å². The van der Waals surface area contributed by atoms with Crippen LogP contribution in [0.1, 0.15) is 26.4 Å². The second kappa shape index (κ2) is 13.4. The van der Waals surface area contributed by atoms with Gasteiger partial charge in [0.15, 0.2) is 23.0 Å². The molecule has 0 aliphatic rings. The molecule has 5 aromatic rings. The molecular formula is C33H27ClFN3O7. The zero-order chi connectivity index (χ0) is 32.1. The molecule has 1 aromatic heterocycles. The van der Waals surface area contributed by atoms with Gasteiger partial charge in [-0.25, -0.2) is 14.6 Å². The average molecular weight is 632 g/mol. The van der Waals surface area contributed by atoms with E-state index in [2.05, 4.69) is 15.5 Å². The molecule has 45 heavy (non-hydrogen) atoms. The van der Waals surface area contributed by atoms with Gasteiger partial charge in [0.25, 0.3) is 5.91 Å². The molecule has 4 aromatic carbocycles. The lowest BCUT2D eigenvalue weighted by atomic mass is 10.0. The van der Waals surface area contributed by atoms with Crippen LogP contribution in [0.15, 0.2) is 77.9 Å². The van der Waals surface area contributed by atoms with Crippen LogP contribution < -0.4 is 29.1 Å². The number of hydrazone groups is 1. The minimum Gasteiger partial charge on any atom is -0.493 e. The number of esters is 1. The lowest BCUT2D eigenvalue weighted by Gasteiger charge is -2.14. The first kappa shape index (κ1) is 30.9. The summed E-state index contributed by atoms with van der Waals surface area (Å²) in [6, 6.07) is 18.8. The topological polar surface area (TPSA) is 120 Å². The van der Waals surface area contributed by atoms with Crippen LogP contribution in [-0.2, 0) is 0 Å². The first-order valence-electron chi connectivity index (χ1n) is 13.4. The lowest BCUT2D eigenvalue weighted by Crippen LogP contribution is -2.19. The molecule has 0 saturated heterocycles. The van der Waals surface area contributed by atoms with Crippen LogP contribution in [-0.4, -0.2) is 51.5 Å². The van der Waals surface area contributed by atoms with Gasteiger partial charge in [-0.1, -0.05) is 29.8 Å². The Morgan fingerprint density at radius 2 is 1.56 bits per heavy atom. The summed E-state index contributed by atoms with van der Waals surface area (Å²) >= 11 is 6.44. The van der Waals surface area contributed by atoms with Crippen molar-refractivity contribution < 1.29 is 37.7 Å². The van der Waals surface area contributed by atoms with Crippen LogP contribution in [0, 0.1) is 5.82 Å². The number of benzene rings is 4. The molecule has 0 aliphatic carbocycles. The molecule has 1 heterocycles. The standard InChI is InChI=1S/C33H27ClFN3O7/c1-41-26-13-18(9-12-25(26)45-33(40)19-14-27(42-2)31(44-4)28(15-19)43-3)17-36-38-32(39)30-29(21-7-5-6-8-23(21)34)22-16-20(35)10-11-24(22)37-30/h5-17,37H,1-4H3,(H,38,39). The number of ether oxygens (including phenoxy) is 5. The number of nitrogens with one attached hydrogen (secondary N) is 2. The highest BCUT2D eigenvalue weighted by atomic mass is 35.5. The van der Waals surface area contributed by atoms with Crippen LogP contribution in [0.25, 0.3) is 22.0 Å². The second-order valence-corrected chi connectivity index (χ2v) is 9.86. The smallest absolute Gasteiger partial charge is 0.343 e. The second-order valence-electron chi connectivity index (χ2n) is 9.46. The largest absolute Gasteiger partial charge is 0.493 e. The monoisotopic (exact) mass is 631 g/mol. The van der Waals surface area contributed by atoms with E-state index in [4.69, 9.17) is 35.3 Å². The highest BCUT2D eigenvalue weighted by Gasteiger charge is 2.22. The zero-order valence-corrected chi connectivity index (χ0v) is 25.3. The van der Waals surface area contributed by atoms with Crippen molar-refractivity contribution in [3.8, 4) is 39.9 Å². The number of carbonyl (C=O) groups is 2. The number of carbonyl (C=O) groups excluding carboxylic acids is 2. The summed E-state index contributed by atoms with van der Waals surface area (Å²) in [5.41, 5.74) is 4.91. The van der Waals surface area contributed by atoms with E-state index < -0.39 is 17.7 Å². The third-order valence-corrected chi connectivity index (χ3v) is 7.13. The highest BCUT2D eigenvalue weighted by molar-refractivity contribution is 6.34. The Morgan fingerprint density at radius 3 is 2.22 bits per heavy atom. The van der Waals surface area contributed by atoms with Gasteiger partial charge in [-0.05, 0) is 60.2 Å². The van der Waals surface area contributed by atoms with Crippen molar-refractivity contribution in [3.63, 3.8) is 0 Å². The van der Waals surface area contributed by atoms with E-state index in [0.29, 0.717) is 49.9 Å². The molecule has 0 unspecified atom stereocenters. The number of aromatic amines is 1. The SMILES string of the molecule is COc1cc(C=NNC(=O)c2[nH]c3ccc(F)cc3c2-c2ccccc2Cl)ccc1OC(=O)c1cc(OC)c(OC)c(OC)c1. The number of H-pyrrole nitrogens is 1. The number of aromatic nitrogens is 1. The number of fused-ring (bicyclic) bond motifs is 1. The maximum absolute atomic E-state index is 14.1. The van der Waals surface area contributed by atoms with Crippen LogP contribution in [0.2, 0.25) is 5.02 Å². The molecular weight excluding hydrogens is 605 g/mol. The molecule has 5 rings (SSSR count). The van der Waals surface area contributed by atoms with E-state index >= 15 is 0 Å². The lowest BCUT2D eigenvalue weighted by molar-refractivity contribution is 0.0728. The molecule has 0 bridgehead atoms. The molecule has 0 atom stereocenters. The van der Waals surface area contributed by atoms with Gasteiger partial charge >= 0.3 is 5.97 Å². The van der Waals surface area contributed by atoms with E-state index in [0.717, 1.165) is 0 Å². The normalized spacial score (nSPS) is 11.0. The predicted molar refractivity (Wildman–Crippen MR) is 168 cm³/mol. The molecule has 230 valence electrons. The summed E-state index contributed by atoms with van der Waals surface area (Å²) in [5.74, 6) is -0.396. The van der Waals surface area contributed by atoms with Crippen molar-refractivity contribution >= 4 is 40.6 Å². The number of halogens is 2. The molecule has 0 aliphatic heterocycles. The summed E-state index contributed by atoms with van der Waals surface area (Å²) in [5, 5.41) is 4.98. The van der Waals surface area contributed by atoms with E-state index in [9.17, 15) is 14.0 Å². The predicted octanol–water partition coefficient (Wildman–Crippen LogP) is 6.64. The summed E-state index contributed by atoms with van der Waals surface area (Å²) in [6.07, 6.45) is 1.39. The first-order valence-corrected chi connectivity index (χ1v) is 13.8. The molecule has 12 heteroatoms. The maximum Gasteiger partial charge on any atom is 0.343 e. The van der Waals surface area contributed by atoms with Gasteiger partial charge in [0.05, 0.1) is 40.2 Å². The number of hydrogen-bond donors (Lipinski definition) is 2. The van der Waals surface area contributed by atoms with Crippen molar-refractivity contribution in [1.82, 2.24) is 10.4 Å². The van der Waals surface area contributed by atoms with Gasteiger partial charge < -0.3 is 28.7 Å². The van der Waals surface area contributed by atoms with Crippen molar-refractivity contribution in [2.75, 3.05) is 28.4 Å². The van der Waals surface area contributed by atoms with E-state index in [1.807, 2.05) is 0 Å². The molecule has 1 amide bonds. The van der Waals surface area contributed by atoms with Crippen LogP contribution in [0.3, 0.4) is 0 Å². The Kier molecular flexibility index (Phi) is 9.20. The Labute approximate surface area is 262 Å². The first-order chi connectivity index (χ1) is 21.8. The Balaban J connectivity index is 1.36. The van der Waals surface area contributed by atoms with Gasteiger partial charge in [-0.2, -0.15) is 5.10 Å². The summed E-state index contributed by atoms with van der Waals surface area (Å²) in [6.45, 7) is 0. The molecule has 10 nitrogen and oxygen atoms in total. The van der Waals surface area contributed by atoms with Crippen molar-refractivity contribution in [1.29, 1.82) is 0 Å². The fraction of sp³-hybridized carbons (Fsp3) is 0.121. The van der Waals surface area contributed by atoms with Crippen molar-refractivity contribution in [3.05, 3.63) is 100 Å². The summed E-state index contributed by atoms with van der Waals surface area (Å²) in [4.78, 5) is 29.3. The minimum absolute atomic E-state index is 0.145. The summed E-state index contributed by atoms with van der Waals surface area (Å²) < 4.78 is 41.1. The third-order valence-electron chi connectivity index (χ3n) is 6.80. The van der Waals surface area contributed by atoms with Crippen molar-refractivity contribution in [2.45, 2.75) is 0 Å². The van der Waals surface area contributed by atoms with Gasteiger partial charge in [0.2, 0.25) is 5.75 Å². The molecule has 0 radical (unpaired) electrons. The third kappa shape index (κ3) is 6.38. The van der Waals surface area contributed by atoms with E-state index in [-0.39, 0.29) is 22.8 Å². The van der Waals surface area contributed by atoms with Gasteiger partial charge in [-0.15, -0.1) is 0 Å². The number of nitrogens with zero attached hydrogens (tertiary/aromatic N) is 1. The molecule has 0 saturated carbocycles. The quantitative estimate of drug-likeness (QED) is 0.0767. The van der Waals surface area contributed by atoms with Gasteiger partial charge in [0, 0.05) is 27.1 Å². The number of methoxy groups -OCH3 is 4. The van der Waals surface area contributed by atoms with E-state index in [1.54, 1.807) is 42.5 Å². The number of amides is 1. The molecule has 2 N–H and O–H groups in total. The van der Waals surface area contributed by atoms with Crippen molar-refractivity contribution in [2.24, 2.45) is 5.10 Å². The highest BCUT2D eigenvalue weighted by Crippen LogP contribution is 2.39. The number of hydrogen-bond acceptors (Lipinski definition) is 8. The zero-order valence-electron chi connectivity index (χ0n) is 24.6. The molecule has 0 fully saturated rings. The fourth-order valence-corrected chi connectivity index (χ4v) is 4.94. The number of rotatable bonds is 10. The molecule has 0 spiro atoms. The Bertz CT molecular complexity index is 1910.